The topological polar surface area (TPSA) is 405 Å². The van der Waals surface area contributed by atoms with E-state index in [1.807, 2.05) is 0 Å². The average molecular weight is 935 g/mol. The van der Waals surface area contributed by atoms with E-state index in [4.69, 9.17) is 18.9 Å². The second-order valence-corrected chi connectivity index (χ2v) is 15.2. The van der Waals surface area contributed by atoms with Crippen LogP contribution in [-0.4, -0.2) is 126 Å². The molecule has 352 valence electrons. The highest BCUT2D eigenvalue weighted by Gasteiger charge is 2.52. The lowest BCUT2D eigenvalue weighted by molar-refractivity contribution is -0.139. The van der Waals surface area contributed by atoms with E-state index in [9.17, 15) is 95.5 Å². The average Bonchev–Trinajstić information content (AvgIpc) is 3.27. The maximum Gasteiger partial charge on any atom is 0.338 e. The van der Waals surface area contributed by atoms with Crippen LogP contribution in [0, 0.1) is 18.8 Å². The predicted octanol–water partition coefficient (Wildman–Crippen LogP) is 3.62. The van der Waals surface area contributed by atoms with Gasteiger partial charge >= 0.3 is 23.9 Å². The van der Waals surface area contributed by atoms with Crippen LogP contribution in [0.5, 0.6) is 80.5 Å². The van der Waals surface area contributed by atoms with Gasteiger partial charge in [0.05, 0.1) is 28.9 Å². The second-order valence-electron chi connectivity index (χ2n) is 15.2. The van der Waals surface area contributed by atoms with E-state index in [0.29, 0.717) is 48.5 Å². The first-order chi connectivity index (χ1) is 31.4. The number of ketones is 1. The molecule has 0 saturated heterocycles. The number of aromatic hydroxyl groups is 14. The van der Waals surface area contributed by atoms with Crippen LogP contribution in [-0.2, 0) is 18.9 Å². The van der Waals surface area contributed by atoms with Crippen LogP contribution < -0.4 is 0 Å². The van der Waals surface area contributed by atoms with Gasteiger partial charge in [-0.2, -0.15) is 0 Å². The van der Waals surface area contributed by atoms with Gasteiger partial charge in [-0.25, -0.2) is 19.2 Å². The van der Waals surface area contributed by atoms with Gasteiger partial charge in [0.15, 0.2) is 74.8 Å². The number of phenols is 14. The Morgan fingerprint density at radius 2 is 0.746 bits per heavy atom. The SMILES string of the molecule is Cc1c(O)cc(C(=O)O[C@@H]2CC(COC(=O)c3cc(O)c(O)c(O)c3)[C@@H](OC(=O)c3cc(O)c(O)c(O)c3)[C@H](CC(=O)c3cc(O)c(O)c(O)c3)C2OC(=O)c2cc(O)c(O)c(O)c2)cc1O. The first kappa shape index (κ1) is 47.3. The molecule has 5 aromatic carbocycles. The minimum absolute atomic E-state index is 0.0524. The van der Waals surface area contributed by atoms with Gasteiger partial charge in [-0.05, 0) is 74.0 Å². The third-order valence-electron chi connectivity index (χ3n) is 10.7. The fourth-order valence-corrected chi connectivity index (χ4v) is 7.16. The van der Waals surface area contributed by atoms with Crippen molar-refractivity contribution >= 4 is 29.7 Å². The Morgan fingerprint density at radius 3 is 1.13 bits per heavy atom. The number of carbonyl (C=O) groups excluding carboxylic acids is 5. The lowest BCUT2D eigenvalue weighted by Crippen LogP contribution is -2.56. The van der Waals surface area contributed by atoms with Crippen molar-refractivity contribution in [1.82, 2.24) is 0 Å². The maximum atomic E-state index is 14.2. The number of ether oxygens (including phenoxy) is 4. The van der Waals surface area contributed by atoms with Gasteiger partial charge in [0.2, 0.25) is 0 Å². The molecule has 67 heavy (non-hydrogen) atoms. The Morgan fingerprint density at radius 1 is 0.433 bits per heavy atom. The fraction of sp³-hybridized carbons (Fsp3) is 0.205. The van der Waals surface area contributed by atoms with Crippen molar-refractivity contribution in [3.8, 4) is 80.5 Å². The molecule has 5 atom stereocenters. The van der Waals surface area contributed by atoms with Gasteiger partial charge in [0, 0.05) is 29.4 Å². The van der Waals surface area contributed by atoms with E-state index in [1.165, 1.54) is 6.92 Å². The van der Waals surface area contributed by atoms with Crippen molar-refractivity contribution in [2.45, 2.75) is 38.1 Å². The molecule has 2 unspecified atom stereocenters. The van der Waals surface area contributed by atoms with E-state index in [0.717, 1.165) is 12.1 Å². The zero-order chi connectivity index (χ0) is 49.3. The molecule has 1 aliphatic carbocycles. The molecule has 1 aliphatic rings. The molecule has 1 saturated carbocycles. The van der Waals surface area contributed by atoms with E-state index < -0.39 is 188 Å². The summed E-state index contributed by atoms with van der Waals surface area (Å²) in [7, 11) is 0. The van der Waals surface area contributed by atoms with Crippen LogP contribution >= 0.6 is 0 Å². The Labute approximate surface area is 374 Å². The normalized spacial score (nSPS) is 17.8. The second kappa shape index (κ2) is 18.5. The molecule has 1 fully saturated rings. The van der Waals surface area contributed by atoms with Gasteiger partial charge in [0.25, 0.3) is 0 Å². The quantitative estimate of drug-likeness (QED) is 0.0367. The number of benzene rings is 5. The van der Waals surface area contributed by atoms with Crippen LogP contribution in [0.3, 0.4) is 0 Å². The summed E-state index contributed by atoms with van der Waals surface area (Å²) in [5.41, 5.74) is -2.98. The molecule has 14 N–H and O–H groups in total. The van der Waals surface area contributed by atoms with Crippen LogP contribution in [0.1, 0.15) is 70.2 Å². The highest BCUT2D eigenvalue weighted by molar-refractivity contribution is 5.98. The number of phenolic OH excluding ortho intramolecular Hbond substituents is 14. The maximum absolute atomic E-state index is 14.2. The molecule has 0 heterocycles. The Bertz CT molecular complexity index is 2720. The smallest absolute Gasteiger partial charge is 0.338 e. The van der Waals surface area contributed by atoms with Crippen LogP contribution in [0.25, 0.3) is 0 Å². The van der Waals surface area contributed by atoms with Gasteiger partial charge in [-0.1, -0.05) is 0 Å². The summed E-state index contributed by atoms with van der Waals surface area (Å²) in [5, 5.41) is 142. The molecule has 0 aromatic heterocycles. The highest BCUT2D eigenvalue weighted by atomic mass is 16.6. The molecular weight excluding hydrogens is 896 g/mol. The van der Waals surface area contributed by atoms with E-state index in [1.54, 1.807) is 0 Å². The Kier molecular flexibility index (Phi) is 13.1. The first-order valence-electron chi connectivity index (χ1n) is 19.3. The zero-order valence-electron chi connectivity index (χ0n) is 34.2. The number of rotatable bonds is 12. The van der Waals surface area contributed by atoms with Crippen molar-refractivity contribution in [1.29, 1.82) is 0 Å². The molecule has 5 aromatic rings. The zero-order valence-corrected chi connectivity index (χ0v) is 34.2. The van der Waals surface area contributed by atoms with Crippen LogP contribution in [0.4, 0.5) is 0 Å². The molecule has 0 amide bonds. The number of hydrogen-bond donors (Lipinski definition) is 14. The Balaban J connectivity index is 1.52. The standard InChI is InChI=1S/C44H38O23/c1-15-23(45)4-18(5-24(15)46)42(61)65-34-12-21(14-64-41(60)17-6-28(50)36(57)29(51)7-17)39(66-43(62)19-8-30(52)37(58)31(53)9-19)22(13-25(47)16-2-26(48)35(56)27(49)3-16)40(34)67-44(63)20-10-32(54)38(59)33(55)11-20/h2-11,21-22,34,39-40,45-46,48-59H,12-14H2,1H3/t21?,22-,34+,39+,40?/m0/s1. The van der Waals surface area contributed by atoms with Crippen LogP contribution in [0.2, 0.25) is 0 Å². The van der Waals surface area contributed by atoms with Crippen molar-refractivity contribution in [2.75, 3.05) is 6.61 Å². The molecule has 0 aliphatic heterocycles. The van der Waals surface area contributed by atoms with Crippen molar-refractivity contribution in [3.05, 3.63) is 94.0 Å². The van der Waals surface area contributed by atoms with Gasteiger partial charge < -0.3 is 90.4 Å². The molecule has 23 nitrogen and oxygen atoms in total. The van der Waals surface area contributed by atoms with Crippen LogP contribution in [0.15, 0.2) is 60.7 Å². The monoisotopic (exact) mass is 934 g/mol. The lowest BCUT2D eigenvalue weighted by Gasteiger charge is -2.45. The summed E-state index contributed by atoms with van der Waals surface area (Å²) in [4.78, 5) is 69.3. The summed E-state index contributed by atoms with van der Waals surface area (Å²) in [5.74, 6) is -23.4. The molecule has 23 heteroatoms. The summed E-state index contributed by atoms with van der Waals surface area (Å²) in [6.45, 7) is 0.386. The summed E-state index contributed by atoms with van der Waals surface area (Å²) >= 11 is 0. The fourth-order valence-electron chi connectivity index (χ4n) is 7.16. The largest absolute Gasteiger partial charge is 0.508 e. The molecule has 0 bridgehead atoms. The molecule has 6 rings (SSSR count). The third kappa shape index (κ3) is 9.84. The predicted molar refractivity (Wildman–Crippen MR) is 219 cm³/mol. The van der Waals surface area contributed by atoms with E-state index >= 15 is 0 Å². The summed E-state index contributed by atoms with van der Waals surface area (Å²) in [6.07, 6.45) is -7.58. The molecule has 0 radical (unpaired) electrons. The highest BCUT2D eigenvalue weighted by Crippen LogP contribution is 2.44. The van der Waals surface area contributed by atoms with Crippen molar-refractivity contribution in [3.63, 3.8) is 0 Å². The van der Waals surface area contributed by atoms with Gasteiger partial charge in [-0.3, -0.25) is 4.79 Å². The molecular formula is C44H38O23. The minimum atomic E-state index is -2.05. The minimum Gasteiger partial charge on any atom is -0.508 e. The number of esters is 4. The first-order valence-corrected chi connectivity index (χ1v) is 19.3. The number of carbonyl (C=O) groups is 5. The third-order valence-corrected chi connectivity index (χ3v) is 10.7. The summed E-state index contributed by atoms with van der Waals surface area (Å²) < 4.78 is 22.9. The van der Waals surface area contributed by atoms with Gasteiger partial charge in [0.1, 0.15) is 29.8 Å². The van der Waals surface area contributed by atoms with Gasteiger partial charge in [-0.15, -0.1) is 0 Å². The van der Waals surface area contributed by atoms with Crippen molar-refractivity contribution < 1.29 is 114 Å². The van der Waals surface area contributed by atoms with Crippen molar-refractivity contribution in [2.24, 2.45) is 11.8 Å². The molecule has 0 spiro atoms. The lowest BCUT2D eigenvalue weighted by atomic mass is 9.72. The van der Waals surface area contributed by atoms with E-state index in [2.05, 4.69) is 0 Å². The Hall–Kier alpha value is -9.15. The summed E-state index contributed by atoms with van der Waals surface area (Å²) in [6, 6.07) is 7.20. The number of Topliss-reactive ketones (excluding diaryl/α,β-unsaturated/α-hetero) is 1. The number of hydrogen-bond acceptors (Lipinski definition) is 23. The van der Waals surface area contributed by atoms with E-state index in [-0.39, 0.29) is 5.56 Å².